The molecule has 1 saturated carbocycles. The molecule has 2 bridgehead atoms. The van der Waals surface area contributed by atoms with Crippen LogP contribution in [-0.4, -0.2) is 60.7 Å². The highest BCUT2D eigenvalue weighted by Gasteiger charge is 2.47. The molecule has 2 aliphatic carbocycles. The summed E-state index contributed by atoms with van der Waals surface area (Å²) in [6, 6.07) is 4.94. The molecular weight excluding hydrogens is 384 g/mol. The molecule has 2 fully saturated rings. The van der Waals surface area contributed by atoms with Crippen molar-refractivity contribution in [1.29, 1.82) is 0 Å². The predicted molar refractivity (Wildman–Crippen MR) is 109 cm³/mol. The van der Waals surface area contributed by atoms with Crippen molar-refractivity contribution < 1.29 is 19.2 Å². The normalized spacial score (nSPS) is 32.1. The Kier molecular flexibility index (Phi) is 4.28. The molecule has 0 radical (unpaired) electrons. The van der Waals surface area contributed by atoms with Crippen molar-refractivity contribution in [2.45, 2.75) is 37.4 Å². The van der Waals surface area contributed by atoms with E-state index in [2.05, 4.69) is 27.7 Å². The lowest BCUT2D eigenvalue weighted by Crippen LogP contribution is -2.54. The van der Waals surface area contributed by atoms with Crippen molar-refractivity contribution in [3.05, 3.63) is 41.5 Å². The van der Waals surface area contributed by atoms with Gasteiger partial charge in [-0.15, -0.1) is 0 Å². The van der Waals surface area contributed by atoms with Crippen molar-refractivity contribution in [3.63, 3.8) is 0 Å². The summed E-state index contributed by atoms with van der Waals surface area (Å²) in [6.45, 7) is 0. The van der Waals surface area contributed by atoms with Crippen molar-refractivity contribution in [2.75, 3.05) is 19.0 Å². The number of nitrogens with zero attached hydrogens (tertiary/aromatic N) is 2. The summed E-state index contributed by atoms with van der Waals surface area (Å²) < 4.78 is 0. The second-order valence-electron chi connectivity index (χ2n) is 8.54. The van der Waals surface area contributed by atoms with Gasteiger partial charge in [-0.2, -0.15) is 0 Å². The first kappa shape index (κ1) is 19.0. The van der Waals surface area contributed by atoms with Crippen LogP contribution in [0.1, 0.15) is 40.0 Å². The van der Waals surface area contributed by atoms with Gasteiger partial charge in [0.2, 0.25) is 11.8 Å². The van der Waals surface area contributed by atoms with E-state index >= 15 is 0 Å². The van der Waals surface area contributed by atoms with Gasteiger partial charge in [-0.3, -0.25) is 29.4 Å². The molecule has 1 aromatic carbocycles. The third-order valence-corrected chi connectivity index (χ3v) is 7.03. The fourth-order valence-corrected chi connectivity index (χ4v) is 5.56. The average Bonchev–Trinajstić information content (AvgIpc) is 3.41. The summed E-state index contributed by atoms with van der Waals surface area (Å²) in [5.74, 6) is -0.969. The van der Waals surface area contributed by atoms with Gasteiger partial charge >= 0.3 is 0 Å². The van der Waals surface area contributed by atoms with Crippen LogP contribution in [0.25, 0.3) is 0 Å². The molecule has 5 atom stereocenters. The quantitative estimate of drug-likeness (QED) is 0.562. The van der Waals surface area contributed by atoms with Crippen molar-refractivity contribution >= 4 is 29.3 Å². The van der Waals surface area contributed by atoms with E-state index in [0.29, 0.717) is 29.0 Å². The minimum atomic E-state index is -0.944. The number of piperidine rings is 1. The number of fused-ring (bicyclic) bond motifs is 3. The highest BCUT2D eigenvalue weighted by Crippen LogP contribution is 2.43. The van der Waals surface area contributed by atoms with Crippen molar-refractivity contribution in [2.24, 2.45) is 11.8 Å². The number of likely N-dealkylation sites (N-methyl/N-ethyl adjacent to an activating group) is 2. The van der Waals surface area contributed by atoms with Gasteiger partial charge in [-0.1, -0.05) is 12.2 Å². The Balaban J connectivity index is 1.43. The molecule has 8 nitrogen and oxygen atoms in total. The standard InChI is InChI=1S/C22H24N4O4/c1-23-18-11-3-4-12(9-11)19(18)25(2)13-5-6-14-15(10-13)22(30)26(21(14)29)16-7-8-17(27)24-20(16)28/h3-6,10-12,16,18-19,23H,7-9H2,1-2H3,(H,24,27,28)/t11?,12?,16?,18-,19+/m0/s1. The number of hydrogen-bond acceptors (Lipinski definition) is 6. The third kappa shape index (κ3) is 2.63. The van der Waals surface area contributed by atoms with E-state index in [1.54, 1.807) is 12.1 Å². The molecule has 0 spiro atoms. The molecule has 4 amide bonds. The van der Waals surface area contributed by atoms with Crippen molar-refractivity contribution in [3.8, 4) is 0 Å². The monoisotopic (exact) mass is 408 g/mol. The number of benzene rings is 1. The molecule has 156 valence electrons. The van der Waals surface area contributed by atoms with Crippen LogP contribution in [-0.2, 0) is 9.59 Å². The molecule has 4 aliphatic rings. The largest absolute Gasteiger partial charge is 0.369 e. The molecule has 2 aliphatic heterocycles. The number of anilines is 1. The average molecular weight is 408 g/mol. The molecule has 5 rings (SSSR count). The van der Waals surface area contributed by atoms with Gasteiger partial charge in [0.25, 0.3) is 11.8 Å². The first-order chi connectivity index (χ1) is 14.4. The van der Waals surface area contributed by atoms with Crippen LogP contribution in [0.4, 0.5) is 5.69 Å². The molecule has 30 heavy (non-hydrogen) atoms. The summed E-state index contributed by atoms with van der Waals surface area (Å²) in [5.41, 5.74) is 1.49. The van der Waals surface area contributed by atoms with Crippen LogP contribution < -0.4 is 15.5 Å². The second-order valence-corrected chi connectivity index (χ2v) is 8.54. The maximum Gasteiger partial charge on any atom is 0.262 e. The Bertz CT molecular complexity index is 1000. The fraction of sp³-hybridized carbons (Fsp3) is 0.455. The highest BCUT2D eigenvalue weighted by atomic mass is 16.2. The van der Waals surface area contributed by atoms with Gasteiger partial charge in [-0.25, -0.2) is 0 Å². The molecule has 2 heterocycles. The van der Waals surface area contributed by atoms with Crippen LogP contribution in [0.15, 0.2) is 30.4 Å². The Morgan fingerprint density at radius 3 is 2.53 bits per heavy atom. The zero-order valence-electron chi connectivity index (χ0n) is 16.9. The lowest BCUT2D eigenvalue weighted by atomic mass is 9.94. The maximum atomic E-state index is 13.1. The van der Waals surface area contributed by atoms with Crippen LogP contribution >= 0.6 is 0 Å². The minimum absolute atomic E-state index is 0.112. The SMILES string of the molecule is CN[C@H]1C2C=CC(C2)[C@H]1N(C)c1ccc2c(c1)C(=O)N(C1CCC(=O)NC1=O)C2=O. The summed E-state index contributed by atoms with van der Waals surface area (Å²) in [7, 11) is 3.99. The van der Waals surface area contributed by atoms with Crippen LogP contribution in [0.5, 0.6) is 0 Å². The Morgan fingerprint density at radius 1 is 1.07 bits per heavy atom. The molecule has 1 aromatic rings. The Hall–Kier alpha value is -3.00. The summed E-state index contributed by atoms with van der Waals surface area (Å²) in [5, 5.41) is 5.65. The molecule has 3 unspecified atom stereocenters. The highest BCUT2D eigenvalue weighted by molar-refractivity contribution is 6.23. The number of imide groups is 2. The van der Waals surface area contributed by atoms with E-state index in [4.69, 9.17) is 0 Å². The Morgan fingerprint density at radius 2 is 1.80 bits per heavy atom. The van der Waals surface area contributed by atoms with Gasteiger partial charge in [0, 0.05) is 25.2 Å². The first-order valence-electron chi connectivity index (χ1n) is 10.3. The topological polar surface area (TPSA) is 98.8 Å². The van der Waals surface area contributed by atoms with Gasteiger partial charge in [0.15, 0.2) is 0 Å². The van der Waals surface area contributed by atoms with E-state index in [9.17, 15) is 19.2 Å². The van der Waals surface area contributed by atoms with E-state index in [1.807, 2.05) is 20.2 Å². The number of amides is 4. The third-order valence-electron chi connectivity index (χ3n) is 7.03. The van der Waals surface area contributed by atoms with Gasteiger partial charge < -0.3 is 10.2 Å². The first-order valence-corrected chi connectivity index (χ1v) is 10.3. The number of rotatable bonds is 4. The molecule has 1 saturated heterocycles. The van der Waals surface area contributed by atoms with Gasteiger partial charge in [-0.05, 0) is 49.9 Å². The van der Waals surface area contributed by atoms with E-state index in [0.717, 1.165) is 17.0 Å². The molecule has 2 N–H and O–H groups in total. The zero-order chi connectivity index (χ0) is 21.2. The van der Waals surface area contributed by atoms with Crippen molar-refractivity contribution in [1.82, 2.24) is 15.5 Å². The maximum absolute atomic E-state index is 13.1. The van der Waals surface area contributed by atoms with Gasteiger partial charge in [0.1, 0.15) is 6.04 Å². The minimum Gasteiger partial charge on any atom is -0.369 e. The lowest BCUT2D eigenvalue weighted by molar-refractivity contribution is -0.136. The number of hydrogen-bond donors (Lipinski definition) is 2. The molecule has 0 aromatic heterocycles. The fourth-order valence-electron chi connectivity index (χ4n) is 5.56. The molecular formula is C22H24N4O4. The van der Waals surface area contributed by atoms with Crippen LogP contribution in [0, 0.1) is 11.8 Å². The van der Waals surface area contributed by atoms with Crippen LogP contribution in [0.2, 0.25) is 0 Å². The van der Waals surface area contributed by atoms with E-state index in [1.165, 1.54) is 0 Å². The molecule has 8 heteroatoms. The summed E-state index contributed by atoms with van der Waals surface area (Å²) in [6.07, 6.45) is 5.93. The number of nitrogens with one attached hydrogen (secondary N) is 2. The number of carbonyl (C=O) groups excluding carboxylic acids is 4. The van der Waals surface area contributed by atoms with Crippen LogP contribution in [0.3, 0.4) is 0 Å². The zero-order valence-corrected chi connectivity index (χ0v) is 16.9. The van der Waals surface area contributed by atoms with Gasteiger partial charge in [0.05, 0.1) is 17.2 Å². The lowest BCUT2D eigenvalue weighted by Gasteiger charge is -2.37. The summed E-state index contributed by atoms with van der Waals surface area (Å²) >= 11 is 0. The number of carbonyl (C=O) groups is 4. The second kappa shape index (κ2) is 6.77. The predicted octanol–water partition coefficient (Wildman–Crippen LogP) is 0.686. The van der Waals surface area contributed by atoms with E-state index < -0.39 is 23.8 Å². The van der Waals surface area contributed by atoms with E-state index in [-0.39, 0.29) is 24.8 Å². The summed E-state index contributed by atoms with van der Waals surface area (Å²) in [4.78, 5) is 52.8. The smallest absolute Gasteiger partial charge is 0.262 e. The Labute approximate surface area is 174 Å².